The number of halogens is 2. The maximum Gasteiger partial charge on any atom is 0.343 e. The molecule has 0 atom stereocenters. The molecule has 10 nitrogen and oxygen atoms in total. The van der Waals surface area contributed by atoms with Gasteiger partial charge in [0.2, 0.25) is 5.75 Å². The van der Waals surface area contributed by atoms with E-state index in [1.807, 2.05) is 0 Å². The molecule has 0 unspecified atom stereocenters. The average Bonchev–Trinajstić information content (AvgIpc) is 2.92. The second-order valence-electron chi connectivity index (χ2n) is 7.92. The fourth-order valence-corrected chi connectivity index (χ4v) is 4.36. The Kier molecular flexibility index (Phi) is 8.36. The van der Waals surface area contributed by atoms with Gasteiger partial charge in [0.25, 0.3) is 11.8 Å². The zero-order valence-corrected chi connectivity index (χ0v) is 23.9. The number of hydrogen-bond acceptors (Lipinski definition) is 8. The number of nitrogens with one attached hydrogen (secondary N) is 1. The lowest BCUT2D eigenvalue weighted by atomic mass is 10.1. The maximum absolute atomic E-state index is 13.3. The van der Waals surface area contributed by atoms with E-state index in [-0.39, 0.29) is 39.6 Å². The van der Waals surface area contributed by atoms with Crippen LogP contribution in [0.3, 0.4) is 0 Å². The lowest BCUT2D eigenvalue weighted by Gasteiger charge is -2.26. The van der Waals surface area contributed by atoms with Gasteiger partial charge in [0, 0.05) is 14.5 Å². The van der Waals surface area contributed by atoms with E-state index in [1.165, 1.54) is 45.6 Å². The minimum Gasteiger partial charge on any atom is -0.493 e. The van der Waals surface area contributed by atoms with Crippen molar-refractivity contribution >= 4 is 67.4 Å². The van der Waals surface area contributed by atoms with Crippen LogP contribution in [0, 0.1) is 0 Å². The van der Waals surface area contributed by atoms with Crippen molar-refractivity contribution in [2.45, 2.75) is 0 Å². The first-order chi connectivity index (χ1) is 18.7. The lowest BCUT2D eigenvalue weighted by molar-refractivity contribution is -0.122. The quantitative estimate of drug-likeness (QED) is 0.161. The van der Waals surface area contributed by atoms with Crippen LogP contribution in [0.2, 0.25) is 0 Å². The molecule has 3 aromatic rings. The Morgan fingerprint density at radius 3 is 2.03 bits per heavy atom. The fraction of sp³-hybridized carbons (Fsp3) is 0.111. The highest BCUT2D eigenvalue weighted by Gasteiger charge is 2.37. The van der Waals surface area contributed by atoms with Crippen molar-refractivity contribution in [3.63, 3.8) is 0 Å². The first-order valence-electron chi connectivity index (χ1n) is 11.2. The van der Waals surface area contributed by atoms with Crippen LogP contribution >= 0.6 is 31.9 Å². The second-order valence-corrected chi connectivity index (χ2v) is 9.75. The summed E-state index contributed by atoms with van der Waals surface area (Å²) in [7, 11) is 4.27. The molecule has 200 valence electrons. The highest BCUT2D eigenvalue weighted by molar-refractivity contribution is 9.10. The van der Waals surface area contributed by atoms with Crippen LogP contribution in [-0.4, -0.2) is 45.1 Å². The van der Waals surface area contributed by atoms with Gasteiger partial charge in [0.05, 0.1) is 32.6 Å². The molecule has 4 rings (SSSR count). The molecule has 0 aliphatic carbocycles. The molecule has 1 saturated heterocycles. The number of ether oxygens (including phenoxy) is 4. The Bertz CT molecular complexity index is 1490. The predicted molar refractivity (Wildman–Crippen MR) is 148 cm³/mol. The zero-order valence-electron chi connectivity index (χ0n) is 20.7. The molecular weight excluding hydrogens is 640 g/mol. The number of carbonyl (C=O) groups is 4. The van der Waals surface area contributed by atoms with Gasteiger partial charge in [-0.2, -0.15) is 0 Å². The van der Waals surface area contributed by atoms with Gasteiger partial charge in [-0.1, -0.05) is 31.9 Å². The van der Waals surface area contributed by atoms with Gasteiger partial charge in [-0.25, -0.2) is 14.5 Å². The topological polar surface area (TPSA) is 120 Å². The summed E-state index contributed by atoms with van der Waals surface area (Å²) in [5, 5.41) is 2.17. The third-order valence-electron chi connectivity index (χ3n) is 5.56. The monoisotopic (exact) mass is 658 g/mol. The van der Waals surface area contributed by atoms with E-state index in [0.29, 0.717) is 10.2 Å². The molecule has 0 radical (unpaired) electrons. The first kappa shape index (κ1) is 27.9. The number of imide groups is 2. The summed E-state index contributed by atoms with van der Waals surface area (Å²) in [6.07, 6.45) is 1.25. The van der Waals surface area contributed by atoms with Crippen LogP contribution in [-0.2, 0) is 9.59 Å². The number of carbonyl (C=O) groups excluding carboxylic acids is 4. The first-order valence-corrected chi connectivity index (χ1v) is 12.7. The number of hydrogen-bond donors (Lipinski definition) is 1. The van der Waals surface area contributed by atoms with E-state index in [0.717, 1.165) is 9.37 Å². The summed E-state index contributed by atoms with van der Waals surface area (Å²) >= 11 is 6.65. The highest BCUT2D eigenvalue weighted by Crippen LogP contribution is 2.38. The summed E-state index contributed by atoms with van der Waals surface area (Å²) in [6.45, 7) is 0. The van der Waals surface area contributed by atoms with Gasteiger partial charge >= 0.3 is 12.0 Å². The van der Waals surface area contributed by atoms with Gasteiger partial charge in [0.15, 0.2) is 11.5 Å². The number of amides is 4. The van der Waals surface area contributed by atoms with E-state index in [2.05, 4.69) is 37.2 Å². The van der Waals surface area contributed by atoms with E-state index in [4.69, 9.17) is 18.9 Å². The molecule has 1 aliphatic rings. The van der Waals surface area contributed by atoms with Crippen molar-refractivity contribution in [1.29, 1.82) is 0 Å². The molecular formula is C27H20Br2N2O8. The van der Waals surface area contributed by atoms with E-state index < -0.39 is 23.8 Å². The van der Waals surface area contributed by atoms with Crippen molar-refractivity contribution in [1.82, 2.24) is 5.32 Å². The van der Waals surface area contributed by atoms with Gasteiger partial charge in [0.1, 0.15) is 11.3 Å². The maximum atomic E-state index is 13.3. The highest BCUT2D eigenvalue weighted by atomic mass is 79.9. The minimum atomic E-state index is -0.889. The smallest absolute Gasteiger partial charge is 0.343 e. The number of methoxy groups -OCH3 is 3. The van der Waals surface area contributed by atoms with Crippen LogP contribution < -0.4 is 29.2 Å². The minimum absolute atomic E-state index is 0.0529. The summed E-state index contributed by atoms with van der Waals surface area (Å²) in [4.78, 5) is 52.4. The standard InChI is InChI=1S/C27H20Br2N2O8/c1-36-21-12-15(13-22(37-2)23(21)38-3)26(34)39-20-9-6-17(29)10-14(20)11-19-24(32)30-27(35)31(25(19)33)18-7-4-16(28)5-8-18/h4-13H,1-3H3,(H,30,32,35)/b19-11-. The Morgan fingerprint density at radius 1 is 0.821 bits per heavy atom. The number of benzene rings is 3. The third-order valence-corrected chi connectivity index (χ3v) is 6.58. The normalized spacial score (nSPS) is 14.2. The molecule has 1 fully saturated rings. The van der Waals surface area contributed by atoms with Crippen molar-refractivity contribution < 1.29 is 38.1 Å². The van der Waals surface area contributed by atoms with Gasteiger partial charge in [-0.3, -0.25) is 14.9 Å². The summed E-state index contributed by atoms with van der Waals surface area (Å²) in [6, 6.07) is 13.1. The number of urea groups is 1. The van der Waals surface area contributed by atoms with Crippen LogP contribution in [0.5, 0.6) is 23.0 Å². The van der Waals surface area contributed by atoms with Gasteiger partial charge in [-0.15, -0.1) is 0 Å². The molecule has 12 heteroatoms. The van der Waals surface area contributed by atoms with E-state index in [1.54, 1.807) is 36.4 Å². The lowest BCUT2D eigenvalue weighted by Crippen LogP contribution is -2.54. The Balaban J connectivity index is 1.71. The molecule has 4 amide bonds. The Morgan fingerprint density at radius 2 is 1.44 bits per heavy atom. The SMILES string of the molecule is COc1cc(C(=O)Oc2ccc(Br)cc2/C=C2/C(=O)NC(=O)N(c3ccc(Br)cc3)C2=O)cc(OC)c1OC. The van der Waals surface area contributed by atoms with Crippen LogP contribution in [0.25, 0.3) is 6.08 Å². The second kappa shape index (κ2) is 11.7. The number of barbiturate groups is 1. The molecule has 1 heterocycles. The largest absolute Gasteiger partial charge is 0.493 e. The molecule has 0 spiro atoms. The predicted octanol–water partition coefficient (Wildman–Crippen LogP) is 5.12. The molecule has 3 aromatic carbocycles. The number of esters is 1. The van der Waals surface area contributed by atoms with E-state index in [9.17, 15) is 19.2 Å². The van der Waals surface area contributed by atoms with Crippen LogP contribution in [0.15, 0.2) is 69.1 Å². The average molecular weight is 660 g/mol. The molecule has 1 N–H and O–H groups in total. The fourth-order valence-electron chi connectivity index (χ4n) is 3.72. The number of anilines is 1. The van der Waals surface area contributed by atoms with Gasteiger partial charge < -0.3 is 18.9 Å². The Hall–Kier alpha value is -4.16. The number of nitrogens with zero attached hydrogens (tertiary/aromatic N) is 1. The molecule has 0 saturated carbocycles. The number of rotatable bonds is 7. The Labute approximate surface area is 239 Å². The van der Waals surface area contributed by atoms with Crippen molar-refractivity contribution in [3.8, 4) is 23.0 Å². The molecule has 39 heavy (non-hydrogen) atoms. The summed E-state index contributed by atoms with van der Waals surface area (Å²) < 4.78 is 22.9. The summed E-state index contributed by atoms with van der Waals surface area (Å²) in [5.41, 5.74) is 0.265. The van der Waals surface area contributed by atoms with Gasteiger partial charge in [-0.05, 0) is 60.7 Å². The molecule has 1 aliphatic heterocycles. The van der Waals surface area contributed by atoms with E-state index >= 15 is 0 Å². The molecule has 0 aromatic heterocycles. The van der Waals surface area contributed by atoms with Crippen molar-refractivity contribution in [3.05, 3.63) is 80.2 Å². The summed E-state index contributed by atoms with van der Waals surface area (Å²) in [5.74, 6) is -1.63. The van der Waals surface area contributed by atoms with Crippen molar-refractivity contribution in [2.24, 2.45) is 0 Å². The van der Waals surface area contributed by atoms with Crippen LogP contribution in [0.4, 0.5) is 10.5 Å². The molecule has 0 bridgehead atoms. The zero-order chi connectivity index (χ0) is 28.3. The van der Waals surface area contributed by atoms with Crippen LogP contribution in [0.1, 0.15) is 15.9 Å². The third kappa shape index (κ3) is 5.81. The van der Waals surface area contributed by atoms with Crippen molar-refractivity contribution in [2.75, 3.05) is 26.2 Å².